The summed E-state index contributed by atoms with van der Waals surface area (Å²) in [5.74, 6) is -0.864. The zero-order valence-electron chi connectivity index (χ0n) is 18.8. The Morgan fingerprint density at radius 1 is 1.00 bits per heavy atom. The van der Waals surface area contributed by atoms with Crippen LogP contribution in [0.5, 0.6) is 0 Å². The number of hydrogen-bond donors (Lipinski definition) is 3. The predicted octanol–water partition coefficient (Wildman–Crippen LogP) is 2.20. The van der Waals surface area contributed by atoms with Crippen molar-refractivity contribution in [2.75, 3.05) is 27.2 Å². The van der Waals surface area contributed by atoms with Gasteiger partial charge in [0.05, 0.1) is 4.90 Å². The van der Waals surface area contributed by atoms with Crippen molar-refractivity contribution in [3.05, 3.63) is 84.2 Å². The second-order valence-corrected chi connectivity index (χ2v) is 9.59. The summed E-state index contributed by atoms with van der Waals surface area (Å²) in [6.07, 6.45) is 5.21. The van der Waals surface area contributed by atoms with Crippen LogP contribution in [0.3, 0.4) is 0 Å². The maximum atomic E-state index is 12.9. The summed E-state index contributed by atoms with van der Waals surface area (Å²) in [6.45, 7) is 1.31. The highest BCUT2D eigenvalue weighted by Gasteiger charge is 2.16. The molecule has 178 valence electrons. The van der Waals surface area contributed by atoms with Crippen molar-refractivity contribution < 1.29 is 23.2 Å². The van der Waals surface area contributed by atoms with Gasteiger partial charge in [-0.3, -0.25) is 14.8 Å². The number of carbonyl (C=O) groups is 2. The molecule has 3 aromatic rings. The van der Waals surface area contributed by atoms with E-state index in [1.807, 2.05) is 31.1 Å². The van der Waals surface area contributed by atoms with Gasteiger partial charge in [0.25, 0.3) is 21.8 Å². The van der Waals surface area contributed by atoms with Gasteiger partial charge in [-0.15, -0.1) is 0 Å². The molecule has 0 saturated carbocycles. The van der Waals surface area contributed by atoms with Crippen molar-refractivity contribution in [2.45, 2.75) is 4.90 Å². The van der Waals surface area contributed by atoms with Crippen LogP contribution in [0.1, 0.15) is 15.9 Å². The molecule has 2 aromatic carbocycles. The molecule has 0 bridgehead atoms. The fourth-order valence-electron chi connectivity index (χ4n) is 3.10. The molecule has 9 nitrogen and oxygen atoms in total. The van der Waals surface area contributed by atoms with E-state index in [9.17, 15) is 18.0 Å². The molecule has 0 aliphatic heterocycles. The summed E-state index contributed by atoms with van der Waals surface area (Å²) in [7, 11) is 0.0567. The number of rotatable bonds is 9. The molecule has 0 saturated heterocycles. The first kappa shape index (κ1) is 24.9. The normalized spacial score (nSPS) is 11.6. The van der Waals surface area contributed by atoms with Crippen molar-refractivity contribution in [2.24, 2.45) is 0 Å². The topological polar surface area (TPSA) is 121 Å². The predicted molar refractivity (Wildman–Crippen MR) is 129 cm³/mol. The average molecular weight is 483 g/mol. The minimum absolute atomic E-state index is 0.104. The number of nitrogens with zero attached hydrogens (tertiary/aromatic N) is 2. The maximum absolute atomic E-state index is 12.9. The van der Waals surface area contributed by atoms with Crippen LogP contribution in [-0.4, -0.2) is 61.5 Å². The summed E-state index contributed by atoms with van der Waals surface area (Å²) >= 11 is 0. The highest BCUT2D eigenvalue weighted by Crippen LogP contribution is 2.23. The van der Waals surface area contributed by atoms with Crippen molar-refractivity contribution in [1.29, 1.82) is 0 Å². The van der Waals surface area contributed by atoms with E-state index < -0.39 is 15.9 Å². The van der Waals surface area contributed by atoms with Crippen molar-refractivity contribution in [3.63, 3.8) is 0 Å². The fourth-order valence-corrected chi connectivity index (χ4v) is 4.31. The summed E-state index contributed by atoms with van der Waals surface area (Å²) in [5, 5.41) is 11.4. The van der Waals surface area contributed by atoms with Gasteiger partial charge in [-0.1, -0.05) is 24.3 Å². The van der Waals surface area contributed by atoms with Crippen LogP contribution >= 0.6 is 0 Å². The lowest BCUT2D eigenvalue weighted by Gasteiger charge is -2.11. The van der Waals surface area contributed by atoms with Crippen LogP contribution < -0.4 is 10.8 Å². The molecule has 0 fully saturated rings. The molecular formula is C24H26N4O5S. The number of aromatic nitrogens is 1. The third kappa shape index (κ3) is 6.19. The van der Waals surface area contributed by atoms with E-state index in [0.29, 0.717) is 17.7 Å². The minimum Gasteiger partial charge on any atom is -0.351 e. The summed E-state index contributed by atoms with van der Waals surface area (Å²) in [5.41, 5.74) is 4.16. The van der Waals surface area contributed by atoms with Gasteiger partial charge in [0.2, 0.25) is 0 Å². The van der Waals surface area contributed by atoms with Gasteiger partial charge in [0, 0.05) is 37.1 Å². The molecule has 3 N–H and O–H groups in total. The Morgan fingerprint density at radius 3 is 2.21 bits per heavy atom. The summed E-state index contributed by atoms with van der Waals surface area (Å²) in [4.78, 5) is 25.4. The number of hydroxylamine groups is 1. The van der Waals surface area contributed by atoms with Crippen molar-refractivity contribution in [3.8, 4) is 11.1 Å². The second kappa shape index (κ2) is 10.9. The van der Waals surface area contributed by atoms with Gasteiger partial charge in [0.1, 0.15) is 0 Å². The number of hydrogen-bond acceptors (Lipinski definition) is 6. The molecule has 0 spiro atoms. The molecule has 0 radical (unpaired) electrons. The van der Waals surface area contributed by atoms with Gasteiger partial charge in [0.15, 0.2) is 0 Å². The molecule has 10 heteroatoms. The smallest absolute Gasteiger partial charge is 0.267 e. The molecule has 0 aliphatic rings. The lowest BCUT2D eigenvalue weighted by Crippen LogP contribution is -2.31. The standard InChI is InChI=1S/C24H26N4O5S/c1-27(2)16-14-25-24(30)21-6-4-19(5-7-21)20-8-10-22(11-9-20)34(32,33)28-15-13-18(17-28)3-12-23(29)26-31/h3-13,15,17,31H,14,16H2,1-2H3,(H,25,30)(H,26,29)/b12-3+. The largest absolute Gasteiger partial charge is 0.351 e. The van der Waals surface area contributed by atoms with Gasteiger partial charge >= 0.3 is 0 Å². The molecule has 0 atom stereocenters. The highest BCUT2D eigenvalue weighted by atomic mass is 32.2. The number of nitrogens with one attached hydrogen (secondary N) is 2. The second-order valence-electron chi connectivity index (χ2n) is 7.75. The Labute approximate surface area is 198 Å². The maximum Gasteiger partial charge on any atom is 0.267 e. The first-order chi connectivity index (χ1) is 16.2. The molecule has 3 rings (SSSR count). The lowest BCUT2D eigenvalue weighted by molar-refractivity contribution is -0.124. The third-order valence-electron chi connectivity index (χ3n) is 4.98. The molecular weight excluding hydrogens is 456 g/mol. The number of carbonyl (C=O) groups excluding carboxylic acids is 2. The Balaban J connectivity index is 1.71. The van der Waals surface area contributed by atoms with Gasteiger partial charge < -0.3 is 10.2 Å². The monoisotopic (exact) mass is 482 g/mol. The van der Waals surface area contributed by atoms with E-state index in [2.05, 4.69) is 5.32 Å². The van der Waals surface area contributed by atoms with Crippen molar-refractivity contribution >= 4 is 27.9 Å². The van der Waals surface area contributed by atoms with E-state index >= 15 is 0 Å². The highest BCUT2D eigenvalue weighted by molar-refractivity contribution is 7.90. The van der Waals surface area contributed by atoms with Crippen molar-refractivity contribution in [1.82, 2.24) is 19.7 Å². The van der Waals surface area contributed by atoms with E-state index in [-0.39, 0.29) is 10.8 Å². The first-order valence-electron chi connectivity index (χ1n) is 10.4. The Morgan fingerprint density at radius 2 is 1.62 bits per heavy atom. The van der Waals surface area contributed by atoms with Gasteiger partial charge in [-0.05, 0) is 67.2 Å². The van der Waals surface area contributed by atoms with Crippen LogP contribution in [-0.2, 0) is 14.8 Å². The molecule has 0 aliphatic carbocycles. The minimum atomic E-state index is -3.82. The Kier molecular flexibility index (Phi) is 8.00. The van der Waals surface area contributed by atoms with E-state index in [1.165, 1.54) is 42.1 Å². The van der Waals surface area contributed by atoms with Gasteiger partial charge in [-0.25, -0.2) is 17.9 Å². The molecule has 2 amide bonds. The van der Waals surface area contributed by atoms with Crippen LogP contribution in [0.4, 0.5) is 0 Å². The molecule has 0 unspecified atom stereocenters. The average Bonchev–Trinajstić information content (AvgIpc) is 3.32. The Bertz CT molecular complexity index is 1280. The number of amides is 2. The van der Waals surface area contributed by atoms with Gasteiger partial charge in [-0.2, -0.15) is 0 Å². The summed E-state index contributed by atoms with van der Waals surface area (Å²) in [6, 6.07) is 15.1. The SMILES string of the molecule is CN(C)CCNC(=O)c1ccc(-c2ccc(S(=O)(=O)n3ccc(/C=C/C(=O)NO)c3)cc2)cc1. The summed E-state index contributed by atoms with van der Waals surface area (Å²) < 4.78 is 26.9. The first-order valence-corrected chi connectivity index (χ1v) is 11.8. The van der Waals surface area contributed by atoms with Crippen LogP contribution in [0, 0.1) is 0 Å². The Hall–Kier alpha value is -3.73. The quantitative estimate of drug-likeness (QED) is 0.244. The van der Waals surface area contributed by atoms with Crippen LogP contribution in [0.2, 0.25) is 0 Å². The van der Waals surface area contributed by atoms with E-state index in [1.54, 1.807) is 24.3 Å². The van der Waals surface area contributed by atoms with E-state index in [0.717, 1.165) is 27.7 Å². The molecule has 34 heavy (non-hydrogen) atoms. The van der Waals surface area contributed by atoms with E-state index in [4.69, 9.17) is 5.21 Å². The fraction of sp³-hybridized carbons (Fsp3) is 0.167. The zero-order chi connectivity index (χ0) is 24.7. The number of benzene rings is 2. The lowest BCUT2D eigenvalue weighted by atomic mass is 10.0. The number of likely N-dealkylation sites (N-methyl/N-ethyl adjacent to an activating group) is 1. The van der Waals surface area contributed by atoms with Crippen LogP contribution in [0.15, 0.2) is 78.0 Å². The third-order valence-corrected chi connectivity index (χ3v) is 6.63. The van der Waals surface area contributed by atoms with Crippen LogP contribution in [0.25, 0.3) is 17.2 Å². The zero-order valence-corrected chi connectivity index (χ0v) is 19.6. The molecule has 1 aromatic heterocycles. The molecule has 1 heterocycles.